The fourth-order valence-electron chi connectivity index (χ4n) is 9.27. The molecular formula is C55H39NO. The number of rotatable bonds is 6. The van der Waals surface area contributed by atoms with Crippen molar-refractivity contribution in [2.24, 2.45) is 0 Å². The zero-order valence-electron chi connectivity index (χ0n) is 31.9. The van der Waals surface area contributed by atoms with E-state index in [0.29, 0.717) is 0 Å². The highest BCUT2D eigenvalue weighted by Gasteiger charge is 2.36. The molecule has 0 N–H and O–H groups in total. The van der Waals surface area contributed by atoms with Gasteiger partial charge in [0, 0.05) is 27.6 Å². The molecule has 270 valence electrons. The molecule has 0 saturated carbocycles. The minimum absolute atomic E-state index is 0.160. The van der Waals surface area contributed by atoms with Gasteiger partial charge in [0.25, 0.3) is 0 Å². The van der Waals surface area contributed by atoms with Gasteiger partial charge in [-0.3, -0.25) is 0 Å². The smallest absolute Gasteiger partial charge is 0.159 e. The standard InChI is InChI=1S/C55H39NO/c1-55(2)49-27-15-14-24-44(49)45-30-29-41(34-50(45)55)56(42-32-39(36-17-6-3-7-18-36)31-40(33-42)37-19-8-4-9-20-37)51-28-16-26-47-53-46-25-13-12-23-43(46)48(35-52(53)57-54(47)51)38-21-10-5-11-22-38/h3-35H,1-2H3. The summed E-state index contributed by atoms with van der Waals surface area (Å²) in [5.74, 6) is 0. The Kier molecular flexibility index (Phi) is 7.55. The predicted molar refractivity (Wildman–Crippen MR) is 240 cm³/mol. The Morgan fingerprint density at radius 3 is 1.67 bits per heavy atom. The molecule has 0 atom stereocenters. The Bertz CT molecular complexity index is 3080. The van der Waals surface area contributed by atoms with E-state index in [1.807, 2.05) is 0 Å². The average Bonchev–Trinajstić information content (AvgIpc) is 3.77. The second-order valence-corrected chi connectivity index (χ2v) is 15.7. The second-order valence-electron chi connectivity index (χ2n) is 15.7. The molecule has 1 aromatic heterocycles. The molecule has 0 radical (unpaired) electrons. The molecule has 0 amide bonds. The second kappa shape index (κ2) is 13.0. The molecule has 11 rings (SSSR count). The van der Waals surface area contributed by atoms with Crippen LogP contribution in [-0.4, -0.2) is 0 Å². The van der Waals surface area contributed by atoms with Crippen LogP contribution in [0.5, 0.6) is 0 Å². The van der Waals surface area contributed by atoms with Gasteiger partial charge in [-0.05, 0) is 109 Å². The monoisotopic (exact) mass is 729 g/mol. The molecule has 1 aliphatic rings. The van der Waals surface area contributed by atoms with Gasteiger partial charge in [0.15, 0.2) is 5.58 Å². The maximum absolute atomic E-state index is 7.15. The van der Waals surface area contributed by atoms with E-state index < -0.39 is 0 Å². The van der Waals surface area contributed by atoms with Gasteiger partial charge in [-0.2, -0.15) is 0 Å². The largest absolute Gasteiger partial charge is 0.454 e. The Hall–Kier alpha value is -7.16. The number of nitrogens with zero attached hydrogens (tertiary/aromatic N) is 1. The van der Waals surface area contributed by atoms with E-state index in [4.69, 9.17) is 4.42 Å². The molecule has 0 bridgehead atoms. The van der Waals surface area contributed by atoms with Gasteiger partial charge in [-0.25, -0.2) is 0 Å². The first kappa shape index (κ1) is 33.2. The van der Waals surface area contributed by atoms with Crippen molar-refractivity contribution in [2.75, 3.05) is 4.90 Å². The number of para-hydroxylation sites is 1. The number of furan rings is 1. The highest BCUT2D eigenvalue weighted by atomic mass is 16.3. The van der Waals surface area contributed by atoms with E-state index >= 15 is 0 Å². The molecule has 0 aliphatic heterocycles. The summed E-state index contributed by atoms with van der Waals surface area (Å²) < 4.78 is 7.15. The van der Waals surface area contributed by atoms with E-state index in [-0.39, 0.29) is 5.41 Å². The molecule has 1 aliphatic carbocycles. The van der Waals surface area contributed by atoms with Crippen LogP contribution in [0.15, 0.2) is 205 Å². The summed E-state index contributed by atoms with van der Waals surface area (Å²) in [4.78, 5) is 2.42. The Morgan fingerprint density at radius 2 is 0.965 bits per heavy atom. The zero-order chi connectivity index (χ0) is 38.1. The van der Waals surface area contributed by atoms with Crippen molar-refractivity contribution >= 4 is 49.8 Å². The van der Waals surface area contributed by atoms with E-state index in [9.17, 15) is 0 Å². The van der Waals surface area contributed by atoms with Gasteiger partial charge < -0.3 is 9.32 Å². The molecular weight excluding hydrogens is 691 g/mol. The van der Waals surface area contributed by atoms with Gasteiger partial charge in [0.2, 0.25) is 0 Å². The SMILES string of the molecule is CC1(C)c2ccccc2-c2ccc(N(c3cc(-c4ccccc4)cc(-c4ccccc4)c3)c3cccc4c3oc3cc(-c5ccccc5)c5ccccc5c34)cc21. The molecule has 0 saturated heterocycles. The summed E-state index contributed by atoms with van der Waals surface area (Å²) in [6.07, 6.45) is 0. The van der Waals surface area contributed by atoms with Crippen molar-refractivity contribution in [1.82, 2.24) is 0 Å². The topological polar surface area (TPSA) is 16.4 Å². The predicted octanol–water partition coefficient (Wildman–Crippen LogP) is 15.5. The van der Waals surface area contributed by atoms with Crippen molar-refractivity contribution < 1.29 is 4.42 Å². The van der Waals surface area contributed by atoms with Crippen LogP contribution in [0.4, 0.5) is 17.1 Å². The first-order valence-corrected chi connectivity index (χ1v) is 19.8. The number of fused-ring (bicyclic) bond motifs is 8. The third kappa shape index (κ3) is 5.33. The van der Waals surface area contributed by atoms with Gasteiger partial charge in [-0.1, -0.05) is 172 Å². The highest BCUT2D eigenvalue weighted by Crippen LogP contribution is 2.52. The third-order valence-corrected chi connectivity index (χ3v) is 12.0. The molecule has 2 heteroatoms. The lowest BCUT2D eigenvalue weighted by atomic mass is 9.82. The number of benzene rings is 9. The van der Waals surface area contributed by atoms with E-state index in [0.717, 1.165) is 50.1 Å². The highest BCUT2D eigenvalue weighted by molar-refractivity contribution is 6.23. The number of hydrogen-bond donors (Lipinski definition) is 0. The maximum atomic E-state index is 7.15. The van der Waals surface area contributed by atoms with Crippen LogP contribution in [0.2, 0.25) is 0 Å². The number of hydrogen-bond acceptors (Lipinski definition) is 2. The normalized spacial score (nSPS) is 12.9. The molecule has 2 nitrogen and oxygen atoms in total. The number of anilines is 3. The van der Waals surface area contributed by atoms with Crippen molar-refractivity contribution in [1.29, 1.82) is 0 Å². The summed E-state index contributed by atoms with van der Waals surface area (Å²) in [6.45, 7) is 4.70. The van der Waals surface area contributed by atoms with E-state index in [1.54, 1.807) is 0 Å². The lowest BCUT2D eigenvalue weighted by molar-refractivity contribution is 0.660. The minimum atomic E-state index is -0.160. The fourth-order valence-corrected chi connectivity index (χ4v) is 9.27. The quantitative estimate of drug-likeness (QED) is 0.169. The van der Waals surface area contributed by atoms with Crippen molar-refractivity contribution in [3.63, 3.8) is 0 Å². The van der Waals surface area contributed by atoms with Gasteiger partial charge in [0.1, 0.15) is 5.58 Å². The third-order valence-electron chi connectivity index (χ3n) is 12.0. The first-order chi connectivity index (χ1) is 28.0. The van der Waals surface area contributed by atoms with Crippen molar-refractivity contribution in [2.45, 2.75) is 19.3 Å². The Morgan fingerprint density at radius 1 is 0.386 bits per heavy atom. The lowest BCUT2D eigenvalue weighted by Crippen LogP contribution is -2.16. The van der Waals surface area contributed by atoms with E-state index in [2.05, 4.69) is 219 Å². The molecule has 0 spiro atoms. The molecule has 9 aromatic carbocycles. The maximum Gasteiger partial charge on any atom is 0.159 e. The molecule has 0 fully saturated rings. The summed E-state index contributed by atoms with van der Waals surface area (Å²) >= 11 is 0. The Balaban J connectivity index is 1.21. The fraction of sp³-hybridized carbons (Fsp3) is 0.0545. The van der Waals surface area contributed by atoms with Crippen LogP contribution in [-0.2, 0) is 5.41 Å². The summed E-state index contributed by atoms with van der Waals surface area (Å²) in [7, 11) is 0. The minimum Gasteiger partial charge on any atom is -0.454 e. The van der Waals surface area contributed by atoms with Crippen LogP contribution in [0, 0.1) is 0 Å². The molecule has 57 heavy (non-hydrogen) atoms. The average molecular weight is 730 g/mol. The van der Waals surface area contributed by atoms with Crippen molar-refractivity contribution in [3.8, 4) is 44.5 Å². The Labute approximate surface area is 332 Å². The van der Waals surface area contributed by atoms with Gasteiger partial charge in [0.05, 0.1) is 5.69 Å². The van der Waals surface area contributed by atoms with Gasteiger partial charge in [-0.15, -0.1) is 0 Å². The molecule has 1 heterocycles. The summed E-state index contributed by atoms with van der Waals surface area (Å²) in [6, 6.07) is 72.5. The first-order valence-electron chi connectivity index (χ1n) is 19.8. The zero-order valence-corrected chi connectivity index (χ0v) is 31.9. The van der Waals surface area contributed by atoms with Crippen LogP contribution in [0.25, 0.3) is 77.2 Å². The lowest BCUT2D eigenvalue weighted by Gasteiger charge is -2.29. The van der Waals surface area contributed by atoms with Crippen LogP contribution >= 0.6 is 0 Å². The van der Waals surface area contributed by atoms with Crippen LogP contribution in [0.3, 0.4) is 0 Å². The van der Waals surface area contributed by atoms with Gasteiger partial charge >= 0.3 is 0 Å². The van der Waals surface area contributed by atoms with Crippen LogP contribution in [0.1, 0.15) is 25.0 Å². The molecule has 0 unspecified atom stereocenters. The summed E-state index contributed by atoms with van der Waals surface area (Å²) in [5.41, 5.74) is 17.0. The van der Waals surface area contributed by atoms with Crippen molar-refractivity contribution in [3.05, 3.63) is 211 Å². The summed E-state index contributed by atoms with van der Waals surface area (Å²) in [5, 5.41) is 4.63. The van der Waals surface area contributed by atoms with Crippen LogP contribution < -0.4 is 4.90 Å². The van der Waals surface area contributed by atoms with E-state index in [1.165, 1.54) is 55.3 Å². The molecule has 10 aromatic rings.